The summed E-state index contributed by atoms with van der Waals surface area (Å²) in [6.45, 7) is -0.723. The number of hydrogen-bond acceptors (Lipinski definition) is 6. The van der Waals surface area contributed by atoms with Crippen LogP contribution in [-0.2, 0) is 26.0 Å². The van der Waals surface area contributed by atoms with Crippen molar-refractivity contribution in [1.29, 1.82) is 0 Å². The fourth-order valence-electron chi connectivity index (χ4n) is 3.06. The maximum atomic E-state index is 13.6. The average Bonchev–Trinajstić information content (AvgIpc) is 2.84. The number of sulfone groups is 1. The van der Waals surface area contributed by atoms with Gasteiger partial charge in [-0.2, -0.15) is 13.2 Å². The summed E-state index contributed by atoms with van der Waals surface area (Å²) in [7, 11) is -7.83. The Balaban J connectivity index is 1.80. The molecule has 0 saturated heterocycles. The van der Waals surface area contributed by atoms with Gasteiger partial charge in [0.2, 0.25) is 19.9 Å². The molecule has 0 aliphatic carbocycles. The number of rotatable bonds is 8. The molecule has 0 radical (unpaired) electrons. The van der Waals surface area contributed by atoms with Gasteiger partial charge in [0.25, 0.3) is 0 Å². The van der Waals surface area contributed by atoms with Gasteiger partial charge in [-0.3, -0.25) is 0 Å². The van der Waals surface area contributed by atoms with Crippen molar-refractivity contribution in [1.82, 2.24) is 9.62 Å². The minimum absolute atomic E-state index is 0.211. The highest BCUT2D eigenvalue weighted by Gasteiger charge is 2.38. The van der Waals surface area contributed by atoms with E-state index in [1.165, 1.54) is 43.4 Å². The number of carbonyl (C=O) groups is 1. The van der Waals surface area contributed by atoms with Gasteiger partial charge in [-0.15, -0.1) is 0 Å². The molecule has 3 aromatic carbocycles. The minimum Gasteiger partial charge on any atom is -0.410 e. The highest BCUT2D eigenvalue weighted by atomic mass is 79.9. The number of ether oxygens (including phenoxy) is 1. The van der Waals surface area contributed by atoms with E-state index in [0.29, 0.717) is 18.2 Å². The Hall–Kier alpha value is -2.94. The Labute approximate surface area is 220 Å². The molecule has 37 heavy (non-hydrogen) atoms. The maximum absolute atomic E-state index is 13.6. The number of likely N-dealkylation sites (N-methyl/N-ethyl adjacent to an activating group) is 1. The molecule has 0 aliphatic rings. The smallest absolute Gasteiger partial charge is 0.410 e. The normalized spacial score (nSPS) is 12.2. The fraction of sp³-hybridized carbons (Fsp3) is 0.174. The summed E-state index contributed by atoms with van der Waals surface area (Å²) in [5.41, 5.74) is -1.53. The lowest BCUT2D eigenvalue weighted by atomic mass is 10.2. The van der Waals surface area contributed by atoms with Crippen LogP contribution in [0.4, 0.5) is 18.0 Å². The zero-order valence-electron chi connectivity index (χ0n) is 19.1. The summed E-state index contributed by atoms with van der Waals surface area (Å²) in [6, 6.07) is 14.8. The fourth-order valence-corrected chi connectivity index (χ4v) is 5.98. The van der Waals surface area contributed by atoms with Crippen molar-refractivity contribution < 1.29 is 39.5 Å². The van der Waals surface area contributed by atoms with E-state index >= 15 is 0 Å². The molecule has 0 atom stereocenters. The van der Waals surface area contributed by atoms with Gasteiger partial charge >= 0.3 is 12.3 Å². The van der Waals surface area contributed by atoms with Crippen molar-refractivity contribution in [3.63, 3.8) is 0 Å². The molecule has 14 heteroatoms. The van der Waals surface area contributed by atoms with E-state index in [1.54, 1.807) is 18.2 Å². The minimum atomic E-state index is -5.08. The third kappa shape index (κ3) is 7.09. The molecule has 0 heterocycles. The molecular weight excluding hydrogens is 601 g/mol. The van der Waals surface area contributed by atoms with Crippen LogP contribution in [0, 0.1) is 0 Å². The lowest BCUT2D eigenvalue weighted by Crippen LogP contribution is -2.38. The SMILES string of the molecule is CN(CCNS(=O)(=O)c1cc(S(=O)(=O)c2ccccc2)ccc1C(F)(F)F)C(=O)Oc1ccc(Br)cc1. The summed E-state index contributed by atoms with van der Waals surface area (Å²) in [6.07, 6.45) is -5.90. The monoisotopic (exact) mass is 620 g/mol. The number of amides is 1. The third-order valence-corrected chi connectivity index (χ3v) is 8.78. The van der Waals surface area contributed by atoms with Gasteiger partial charge < -0.3 is 9.64 Å². The molecule has 0 saturated carbocycles. The highest BCUT2D eigenvalue weighted by molar-refractivity contribution is 9.10. The van der Waals surface area contributed by atoms with Crippen LogP contribution in [0.5, 0.6) is 5.75 Å². The maximum Gasteiger partial charge on any atom is 0.417 e. The first-order chi connectivity index (χ1) is 17.2. The first-order valence-corrected chi connectivity index (χ1v) is 14.2. The van der Waals surface area contributed by atoms with Gasteiger partial charge in [0, 0.05) is 24.6 Å². The zero-order chi connectivity index (χ0) is 27.4. The molecule has 0 aromatic heterocycles. The number of hydrogen-bond donors (Lipinski definition) is 1. The summed E-state index contributed by atoms with van der Waals surface area (Å²) in [4.78, 5) is 11.1. The number of benzene rings is 3. The first kappa shape index (κ1) is 28.6. The van der Waals surface area contributed by atoms with Crippen LogP contribution >= 0.6 is 15.9 Å². The van der Waals surface area contributed by atoms with Crippen LogP contribution in [0.2, 0.25) is 0 Å². The summed E-state index contributed by atoms with van der Waals surface area (Å²) in [5.74, 6) is 0.229. The van der Waals surface area contributed by atoms with Crippen molar-refractivity contribution in [2.45, 2.75) is 20.9 Å². The van der Waals surface area contributed by atoms with Crippen molar-refractivity contribution in [3.05, 3.63) is 82.8 Å². The van der Waals surface area contributed by atoms with E-state index in [4.69, 9.17) is 4.74 Å². The molecule has 0 bridgehead atoms. The molecular formula is C23H20BrF3N2O6S2. The zero-order valence-corrected chi connectivity index (χ0v) is 22.3. The molecule has 1 N–H and O–H groups in total. The molecule has 198 valence electrons. The lowest BCUT2D eigenvalue weighted by molar-refractivity contribution is -0.139. The molecule has 0 fully saturated rings. The summed E-state index contributed by atoms with van der Waals surface area (Å²) in [5, 5.41) is 0. The van der Waals surface area contributed by atoms with Crippen LogP contribution in [0.3, 0.4) is 0 Å². The average molecular weight is 621 g/mol. The van der Waals surface area contributed by atoms with E-state index in [0.717, 1.165) is 9.37 Å². The Bertz CT molecular complexity index is 1480. The number of halogens is 4. The molecule has 0 aliphatic heterocycles. The molecule has 1 amide bonds. The van der Waals surface area contributed by atoms with Crippen LogP contribution in [-0.4, -0.2) is 48.0 Å². The molecule has 8 nitrogen and oxygen atoms in total. The molecule has 0 spiro atoms. The quantitative estimate of drug-likeness (QED) is 0.391. The van der Waals surface area contributed by atoms with Gasteiger partial charge in [0.15, 0.2) is 0 Å². The van der Waals surface area contributed by atoms with Gasteiger partial charge in [0.1, 0.15) is 5.75 Å². The number of carbonyl (C=O) groups excluding carboxylic acids is 1. The molecule has 0 unspecified atom stereocenters. The van der Waals surface area contributed by atoms with E-state index in [2.05, 4.69) is 15.9 Å². The van der Waals surface area contributed by atoms with Gasteiger partial charge in [-0.1, -0.05) is 34.1 Å². The molecule has 3 rings (SSSR count). The third-order valence-electron chi connectivity index (χ3n) is 4.98. The predicted molar refractivity (Wildman–Crippen MR) is 131 cm³/mol. The summed E-state index contributed by atoms with van der Waals surface area (Å²) >= 11 is 3.24. The molecule has 3 aromatic rings. The number of alkyl halides is 3. The van der Waals surface area contributed by atoms with E-state index in [1.807, 2.05) is 4.72 Å². The van der Waals surface area contributed by atoms with Crippen LogP contribution < -0.4 is 9.46 Å². The van der Waals surface area contributed by atoms with Gasteiger partial charge in [-0.25, -0.2) is 26.4 Å². The van der Waals surface area contributed by atoms with E-state index in [-0.39, 0.29) is 17.2 Å². The van der Waals surface area contributed by atoms with Crippen LogP contribution in [0.15, 0.2) is 92.0 Å². The second-order valence-corrected chi connectivity index (χ2v) is 12.2. The highest BCUT2D eigenvalue weighted by Crippen LogP contribution is 2.36. The standard InChI is InChI=1S/C23H20BrF3N2O6S2/c1-29(22(30)35-17-9-7-16(24)8-10-17)14-13-28-37(33,34)21-15-19(11-12-20(21)23(25,26)27)36(31,32)18-5-3-2-4-6-18/h2-12,15,28H,13-14H2,1H3. The van der Waals surface area contributed by atoms with Crippen molar-refractivity contribution >= 4 is 41.9 Å². The second-order valence-electron chi connectivity index (χ2n) is 7.61. The Morgan fingerprint density at radius 1 is 0.946 bits per heavy atom. The number of sulfonamides is 1. The van der Waals surface area contributed by atoms with Crippen molar-refractivity contribution in [2.24, 2.45) is 0 Å². The number of nitrogens with one attached hydrogen (secondary N) is 1. The topological polar surface area (TPSA) is 110 Å². The van der Waals surface area contributed by atoms with E-state index < -0.39 is 54.0 Å². The second kappa shape index (κ2) is 11.2. The predicted octanol–water partition coefficient (Wildman–Crippen LogP) is 4.71. The van der Waals surface area contributed by atoms with Crippen LogP contribution in [0.25, 0.3) is 0 Å². The van der Waals surface area contributed by atoms with E-state index in [9.17, 15) is 34.8 Å². The van der Waals surface area contributed by atoms with Crippen molar-refractivity contribution in [3.8, 4) is 5.75 Å². The summed E-state index contributed by atoms with van der Waals surface area (Å²) < 4.78 is 100. The van der Waals surface area contributed by atoms with Gasteiger partial charge in [0.05, 0.1) is 20.2 Å². The Kier molecular flexibility index (Phi) is 8.67. The Morgan fingerprint density at radius 2 is 1.57 bits per heavy atom. The van der Waals surface area contributed by atoms with Gasteiger partial charge in [-0.05, 0) is 54.6 Å². The Morgan fingerprint density at radius 3 is 2.16 bits per heavy atom. The largest absolute Gasteiger partial charge is 0.417 e. The van der Waals surface area contributed by atoms with Crippen molar-refractivity contribution in [2.75, 3.05) is 20.1 Å². The van der Waals surface area contributed by atoms with Crippen LogP contribution in [0.1, 0.15) is 5.56 Å². The lowest BCUT2D eigenvalue weighted by Gasteiger charge is -2.18. The number of nitrogens with zero attached hydrogens (tertiary/aromatic N) is 1. The first-order valence-electron chi connectivity index (χ1n) is 10.4.